The smallest absolute Gasteiger partial charge is 0.244 e. The number of ether oxygens (including phenoxy) is 1. The number of nitrogens with zero attached hydrogens (tertiary/aromatic N) is 2. The van der Waals surface area contributed by atoms with E-state index < -0.39 is 39.9 Å². The number of amides is 2. The Kier molecular flexibility index (Phi) is 8.49. The van der Waals surface area contributed by atoms with Crippen molar-refractivity contribution in [3.8, 4) is 0 Å². The van der Waals surface area contributed by atoms with Gasteiger partial charge in [0.05, 0.1) is 40.8 Å². The molecule has 0 saturated carbocycles. The molecule has 6 rings (SSSR count). The van der Waals surface area contributed by atoms with Crippen LogP contribution in [-0.4, -0.2) is 37.2 Å². The molecule has 3 aliphatic rings. The lowest BCUT2D eigenvalue weighted by Crippen LogP contribution is -2.43. The summed E-state index contributed by atoms with van der Waals surface area (Å²) < 4.78 is 37.6. The first-order valence-corrected chi connectivity index (χ1v) is 17.2. The van der Waals surface area contributed by atoms with Gasteiger partial charge in [0.2, 0.25) is 21.8 Å². The minimum Gasteiger partial charge on any atom is -0.498 e. The summed E-state index contributed by atoms with van der Waals surface area (Å²) in [6, 6.07) is 24.5. The van der Waals surface area contributed by atoms with Crippen LogP contribution in [0, 0.1) is 24.7 Å². The highest BCUT2D eigenvalue weighted by atomic mass is 32.2. The molecule has 2 amide bonds. The number of hydrogen-bond donors (Lipinski definition) is 0. The fourth-order valence-corrected chi connectivity index (χ4v) is 9.33. The number of carbonyl (C=O) groups excluding carboxylic acids is 2. The van der Waals surface area contributed by atoms with Crippen molar-refractivity contribution in [2.75, 3.05) is 11.5 Å². The number of rotatable bonds is 10. The van der Waals surface area contributed by atoms with E-state index in [1.165, 1.54) is 4.90 Å². The molecule has 44 heavy (non-hydrogen) atoms. The first-order chi connectivity index (χ1) is 21.3. The number of carbonyl (C=O) groups is 2. The summed E-state index contributed by atoms with van der Waals surface area (Å²) in [4.78, 5) is 30.0. The van der Waals surface area contributed by atoms with Crippen LogP contribution in [0.15, 0.2) is 101 Å². The predicted molar refractivity (Wildman–Crippen MR) is 170 cm³/mol. The zero-order chi connectivity index (χ0) is 31.0. The molecule has 2 fully saturated rings. The van der Waals surface area contributed by atoms with E-state index in [9.17, 15) is 18.0 Å². The highest BCUT2D eigenvalue weighted by Gasteiger charge is 2.64. The number of hydrogen-bond acceptors (Lipinski definition) is 5. The Morgan fingerprint density at radius 1 is 0.818 bits per heavy atom. The van der Waals surface area contributed by atoms with Crippen LogP contribution in [0.2, 0.25) is 0 Å². The third-order valence-corrected chi connectivity index (χ3v) is 11.3. The standard InChI is InChI=1S/C36H40N2O5S/c1-4-6-9-18-29-32-31-28(35(39)37(36(31)40)26-16-12-8-13-17-26)23-30(43-5-2)33(32)34(25-14-10-7-11-15-25)38(29)44(41,42)27-21-19-24(3)20-22-27/h7-8,10-17,19-22,28-29,31-32,34H,4-6,9,18,23H2,1-3H3/t28-,29+,31-,32-,34-/m0/s1. The zero-order valence-corrected chi connectivity index (χ0v) is 26.4. The molecule has 2 heterocycles. The summed E-state index contributed by atoms with van der Waals surface area (Å²) >= 11 is 0. The van der Waals surface area contributed by atoms with Crippen LogP contribution < -0.4 is 4.90 Å². The molecule has 8 heteroatoms. The second-order valence-electron chi connectivity index (χ2n) is 12.0. The lowest BCUT2D eigenvalue weighted by molar-refractivity contribution is -0.123. The molecule has 2 saturated heterocycles. The van der Waals surface area contributed by atoms with E-state index in [2.05, 4.69) is 6.92 Å². The number of benzene rings is 3. The van der Waals surface area contributed by atoms with Crippen molar-refractivity contribution >= 4 is 27.5 Å². The third-order valence-electron chi connectivity index (χ3n) is 9.39. The van der Waals surface area contributed by atoms with Gasteiger partial charge in [0.25, 0.3) is 0 Å². The van der Waals surface area contributed by atoms with Crippen molar-refractivity contribution in [2.45, 2.75) is 69.9 Å². The van der Waals surface area contributed by atoms with Crippen LogP contribution in [0.1, 0.15) is 63.1 Å². The quantitative estimate of drug-likeness (QED) is 0.186. The molecule has 0 radical (unpaired) electrons. The Balaban J connectivity index is 1.58. The van der Waals surface area contributed by atoms with Crippen molar-refractivity contribution < 1.29 is 22.7 Å². The van der Waals surface area contributed by atoms with Gasteiger partial charge in [0.15, 0.2) is 0 Å². The molecular weight excluding hydrogens is 572 g/mol. The molecule has 0 aromatic heterocycles. The normalized spacial score (nSPS) is 25.3. The predicted octanol–water partition coefficient (Wildman–Crippen LogP) is 6.81. The molecule has 230 valence electrons. The second kappa shape index (κ2) is 12.3. The average molecular weight is 613 g/mol. The number of sulfonamides is 1. The molecule has 3 aromatic carbocycles. The Morgan fingerprint density at radius 2 is 1.48 bits per heavy atom. The van der Waals surface area contributed by atoms with E-state index >= 15 is 0 Å². The van der Waals surface area contributed by atoms with Crippen LogP contribution in [0.5, 0.6) is 0 Å². The lowest BCUT2D eigenvalue weighted by Gasteiger charge is -2.34. The summed E-state index contributed by atoms with van der Waals surface area (Å²) in [5.74, 6) is -1.66. The SMILES string of the molecule is CCCCC[C@@H]1[C@@H]2C(=C(OCC)C[C@@H]3C(=O)N(c4ccccc4)C(=O)[C@H]23)[C@H](c2ccccc2)N1S(=O)(=O)c1ccc(C)cc1. The van der Waals surface area contributed by atoms with Crippen LogP contribution in [0.4, 0.5) is 5.69 Å². The average Bonchev–Trinajstić information content (AvgIpc) is 3.50. The van der Waals surface area contributed by atoms with E-state index in [1.807, 2.05) is 74.5 Å². The van der Waals surface area contributed by atoms with Gasteiger partial charge >= 0.3 is 0 Å². The Hall–Kier alpha value is -3.75. The van der Waals surface area contributed by atoms with Gasteiger partial charge in [-0.2, -0.15) is 4.31 Å². The highest BCUT2D eigenvalue weighted by Crippen LogP contribution is 2.59. The number of fused-ring (bicyclic) bond motifs is 3. The van der Waals surface area contributed by atoms with Gasteiger partial charge in [-0.1, -0.05) is 92.4 Å². The summed E-state index contributed by atoms with van der Waals surface area (Å²) in [7, 11) is -4.03. The number of allylic oxidation sites excluding steroid dienone is 1. The molecule has 0 unspecified atom stereocenters. The van der Waals surface area contributed by atoms with Gasteiger partial charge < -0.3 is 4.74 Å². The Labute approximate surface area is 260 Å². The molecule has 3 aromatic rings. The van der Waals surface area contributed by atoms with E-state index in [0.29, 0.717) is 24.5 Å². The van der Waals surface area contributed by atoms with E-state index in [4.69, 9.17) is 4.74 Å². The zero-order valence-electron chi connectivity index (χ0n) is 25.6. The molecule has 1 aliphatic carbocycles. The summed E-state index contributed by atoms with van der Waals surface area (Å²) in [6.07, 6.45) is 3.56. The van der Waals surface area contributed by atoms with E-state index in [0.717, 1.165) is 36.0 Å². The number of para-hydroxylation sites is 1. The fraction of sp³-hybridized carbons (Fsp3) is 0.389. The maximum absolute atomic E-state index is 14.8. The second-order valence-corrected chi connectivity index (χ2v) is 13.9. The van der Waals surface area contributed by atoms with Crippen LogP contribution >= 0.6 is 0 Å². The van der Waals surface area contributed by atoms with E-state index in [1.54, 1.807) is 28.6 Å². The van der Waals surface area contributed by atoms with Crippen molar-refractivity contribution in [1.29, 1.82) is 0 Å². The Morgan fingerprint density at radius 3 is 2.11 bits per heavy atom. The van der Waals surface area contributed by atoms with Crippen LogP contribution in [0.3, 0.4) is 0 Å². The number of unbranched alkanes of at least 4 members (excludes halogenated alkanes) is 2. The van der Waals surface area contributed by atoms with Gasteiger partial charge in [-0.25, -0.2) is 8.42 Å². The maximum Gasteiger partial charge on any atom is 0.244 e. The highest BCUT2D eigenvalue weighted by molar-refractivity contribution is 7.89. The summed E-state index contributed by atoms with van der Waals surface area (Å²) in [6.45, 7) is 6.33. The fourth-order valence-electron chi connectivity index (χ4n) is 7.50. The minimum atomic E-state index is -4.03. The maximum atomic E-state index is 14.8. The number of aryl methyl sites for hydroxylation is 1. The first kappa shape index (κ1) is 30.3. The lowest BCUT2D eigenvalue weighted by atomic mass is 9.68. The molecule has 0 spiro atoms. The van der Waals surface area contributed by atoms with Crippen molar-refractivity contribution in [1.82, 2.24) is 4.31 Å². The van der Waals surface area contributed by atoms with Crippen molar-refractivity contribution in [3.63, 3.8) is 0 Å². The number of anilines is 1. The van der Waals surface area contributed by atoms with Crippen LogP contribution in [0.25, 0.3) is 0 Å². The molecule has 2 aliphatic heterocycles. The summed E-state index contributed by atoms with van der Waals surface area (Å²) in [5, 5.41) is 0. The van der Waals surface area contributed by atoms with Gasteiger partial charge in [0.1, 0.15) is 0 Å². The van der Waals surface area contributed by atoms with E-state index in [-0.39, 0.29) is 23.1 Å². The molecular formula is C36H40N2O5S. The molecule has 7 nitrogen and oxygen atoms in total. The topological polar surface area (TPSA) is 84.0 Å². The van der Waals surface area contributed by atoms with Gasteiger partial charge in [-0.05, 0) is 55.7 Å². The third kappa shape index (κ3) is 5.08. The summed E-state index contributed by atoms with van der Waals surface area (Å²) in [5.41, 5.74) is 3.17. The Bertz CT molecular complexity index is 1650. The van der Waals surface area contributed by atoms with Gasteiger partial charge in [-0.3, -0.25) is 14.5 Å². The number of imide groups is 1. The molecule has 0 bridgehead atoms. The van der Waals surface area contributed by atoms with Crippen molar-refractivity contribution in [2.24, 2.45) is 17.8 Å². The van der Waals surface area contributed by atoms with Crippen molar-refractivity contribution in [3.05, 3.63) is 107 Å². The molecule has 5 atom stereocenters. The van der Waals surface area contributed by atoms with Crippen LogP contribution in [-0.2, 0) is 24.3 Å². The van der Waals surface area contributed by atoms with Gasteiger partial charge in [0, 0.05) is 18.4 Å². The molecule has 0 N–H and O–H groups in total. The minimum absolute atomic E-state index is 0.220. The largest absolute Gasteiger partial charge is 0.498 e. The first-order valence-electron chi connectivity index (χ1n) is 15.7. The monoisotopic (exact) mass is 612 g/mol. The van der Waals surface area contributed by atoms with Gasteiger partial charge in [-0.15, -0.1) is 0 Å².